The van der Waals surface area contributed by atoms with Gasteiger partial charge in [0.15, 0.2) is 5.82 Å². The van der Waals surface area contributed by atoms with E-state index in [4.69, 9.17) is 0 Å². The van der Waals surface area contributed by atoms with E-state index in [0.717, 1.165) is 33.1 Å². The number of aromatic amines is 1. The van der Waals surface area contributed by atoms with Crippen molar-refractivity contribution in [2.45, 2.75) is 11.9 Å². The molecule has 0 atom stereocenters. The third-order valence-electron chi connectivity index (χ3n) is 2.74. The molecule has 0 saturated heterocycles. The first-order chi connectivity index (χ1) is 8.78. The number of aromatic nitrogens is 4. The van der Waals surface area contributed by atoms with Gasteiger partial charge in [-0.1, -0.05) is 0 Å². The molecule has 0 fully saturated rings. The lowest BCUT2D eigenvalue weighted by molar-refractivity contribution is 1.02. The Morgan fingerprint density at radius 1 is 1.22 bits per heavy atom. The maximum atomic E-state index is 4.56. The van der Waals surface area contributed by atoms with Crippen LogP contribution in [0.4, 0.5) is 0 Å². The minimum Gasteiger partial charge on any atom is -0.346 e. The molecule has 0 unspecified atom stereocenters. The molecule has 3 aromatic rings. The Kier molecular flexibility index (Phi) is 2.76. The van der Waals surface area contributed by atoms with Crippen LogP contribution < -0.4 is 0 Å². The van der Waals surface area contributed by atoms with Crippen molar-refractivity contribution in [3.63, 3.8) is 0 Å². The highest BCUT2D eigenvalue weighted by Crippen LogP contribution is 2.25. The number of rotatable bonds is 2. The Morgan fingerprint density at radius 3 is 2.94 bits per heavy atom. The number of aryl methyl sites for hydroxylation is 1. The zero-order chi connectivity index (χ0) is 12.5. The van der Waals surface area contributed by atoms with E-state index >= 15 is 0 Å². The monoisotopic (exact) mass is 256 g/mol. The standard InChI is InChI=1S/C13H12N4S/c1-8-7-11(18-2)17-13(16-8)10-4-6-15-12-9(10)3-5-14-12/h3-7H,1-2H3,(H,14,15). The molecule has 18 heavy (non-hydrogen) atoms. The van der Waals surface area contributed by atoms with Crippen LogP contribution >= 0.6 is 11.8 Å². The Bertz CT molecular complexity index is 705. The molecular weight excluding hydrogens is 244 g/mol. The van der Waals surface area contributed by atoms with Gasteiger partial charge in [0.05, 0.1) is 0 Å². The van der Waals surface area contributed by atoms with Crippen molar-refractivity contribution in [3.8, 4) is 11.4 Å². The van der Waals surface area contributed by atoms with Crippen LogP contribution in [0.15, 0.2) is 35.6 Å². The molecular formula is C13H12N4S. The quantitative estimate of drug-likeness (QED) is 0.565. The highest BCUT2D eigenvalue weighted by atomic mass is 32.2. The van der Waals surface area contributed by atoms with Gasteiger partial charge in [-0.25, -0.2) is 15.0 Å². The molecule has 0 spiro atoms. The predicted octanol–water partition coefficient (Wildman–Crippen LogP) is 3.05. The van der Waals surface area contributed by atoms with Crippen molar-refractivity contribution in [1.82, 2.24) is 19.9 Å². The van der Waals surface area contributed by atoms with E-state index in [2.05, 4.69) is 19.9 Å². The molecule has 0 amide bonds. The Balaban J connectivity index is 2.25. The maximum Gasteiger partial charge on any atom is 0.161 e. The fraction of sp³-hybridized carbons (Fsp3) is 0.154. The average Bonchev–Trinajstić information content (AvgIpc) is 2.85. The first-order valence-corrected chi connectivity index (χ1v) is 6.82. The van der Waals surface area contributed by atoms with Crippen LogP contribution in [0, 0.1) is 6.92 Å². The van der Waals surface area contributed by atoms with E-state index < -0.39 is 0 Å². The zero-order valence-electron chi connectivity index (χ0n) is 10.1. The SMILES string of the molecule is CSc1cc(C)nc(-c2ccnc3[nH]ccc23)n1. The lowest BCUT2D eigenvalue weighted by atomic mass is 10.2. The second kappa shape index (κ2) is 4.42. The molecule has 0 aliphatic rings. The van der Waals surface area contributed by atoms with Gasteiger partial charge in [-0.2, -0.15) is 0 Å². The van der Waals surface area contributed by atoms with Gasteiger partial charge < -0.3 is 4.98 Å². The van der Waals surface area contributed by atoms with Gasteiger partial charge in [-0.3, -0.25) is 0 Å². The molecule has 0 bridgehead atoms. The van der Waals surface area contributed by atoms with Gasteiger partial charge in [-0.15, -0.1) is 11.8 Å². The summed E-state index contributed by atoms with van der Waals surface area (Å²) in [5.74, 6) is 0.756. The molecule has 0 aliphatic carbocycles. The van der Waals surface area contributed by atoms with Crippen LogP contribution in [0.3, 0.4) is 0 Å². The third kappa shape index (κ3) is 1.86. The van der Waals surface area contributed by atoms with Crippen molar-refractivity contribution < 1.29 is 0 Å². The van der Waals surface area contributed by atoms with E-state index in [-0.39, 0.29) is 0 Å². The first kappa shape index (κ1) is 11.2. The fourth-order valence-corrected chi connectivity index (χ4v) is 2.39. The summed E-state index contributed by atoms with van der Waals surface area (Å²) in [5, 5.41) is 2.04. The molecule has 90 valence electrons. The molecule has 5 heteroatoms. The Hall–Kier alpha value is -1.88. The molecule has 4 nitrogen and oxygen atoms in total. The van der Waals surface area contributed by atoms with E-state index in [1.807, 2.05) is 37.6 Å². The molecule has 3 rings (SSSR count). The summed E-state index contributed by atoms with van der Waals surface area (Å²) in [6.07, 6.45) is 5.68. The summed E-state index contributed by atoms with van der Waals surface area (Å²) in [5.41, 5.74) is 2.86. The number of hydrogen-bond donors (Lipinski definition) is 1. The number of fused-ring (bicyclic) bond motifs is 1. The van der Waals surface area contributed by atoms with Crippen LogP contribution in [-0.2, 0) is 0 Å². The predicted molar refractivity (Wildman–Crippen MR) is 73.6 cm³/mol. The summed E-state index contributed by atoms with van der Waals surface area (Å²) in [7, 11) is 0. The lowest BCUT2D eigenvalue weighted by Gasteiger charge is -2.05. The highest BCUT2D eigenvalue weighted by Gasteiger charge is 2.09. The molecule has 3 aromatic heterocycles. The van der Waals surface area contributed by atoms with Gasteiger partial charge in [-0.05, 0) is 31.4 Å². The summed E-state index contributed by atoms with van der Waals surface area (Å²) < 4.78 is 0. The average molecular weight is 256 g/mol. The van der Waals surface area contributed by atoms with Gasteiger partial charge >= 0.3 is 0 Å². The summed E-state index contributed by atoms with van der Waals surface area (Å²) in [6, 6.07) is 5.95. The summed E-state index contributed by atoms with van der Waals surface area (Å²) in [4.78, 5) is 16.5. The van der Waals surface area contributed by atoms with E-state index in [9.17, 15) is 0 Å². The van der Waals surface area contributed by atoms with Crippen molar-refractivity contribution in [2.75, 3.05) is 6.26 Å². The number of hydrogen-bond acceptors (Lipinski definition) is 4. The number of pyridine rings is 1. The fourth-order valence-electron chi connectivity index (χ4n) is 1.92. The van der Waals surface area contributed by atoms with Crippen LogP contribution in [0.25, 0.3) is 22.4 Å². The number of thioether (sulfide) groups is 1. The maximum absolute atomic E-state index is 4.56. The van der Waals surface area contributed by atoms with Gasteiger partial charge in [0.1, 0.15) is 10.7 Å². The Labute approximate surface area is 109 Å². The lowest BCUT2D eigenvalue weighted by Crippen LogP contribution is -1.94. The van der Waals surface area contributed by atoms with Crippen LogP contribution in [0.5, 0.6) is 0 Å². The summed E-state index contributed by atoms with van der Waals surface area (Å²) in [6.45, 7) is 1.99. The normalized spacial score (nSPS) is 11.0. The third-order valence-corrected chi connectivity index (χ3v) is 3.37. The van der Waals surface area contributed by atoms with Gasteiger partial charge in [0.2, 0.25) is 0 Å². The van der Waals surface area contributed by atoms with Crippen molar-refractivity contribution in [1.29, 1.82) is 0 Å². The first-order valence-electron chi connectivity index (χ1n) is 5.60. The molecule has 1 N–H and O–H groups in total. The smallest absolute Gasteiger partial charge is 0.161 e. The minimum absolute atomic E-state index is 0.756. The number of H-pyrrole nitrogens is 1. The highest BCUT2D eigenvalue weighted by molar-refractivity contribution is 7.98. The number of nitrogens with zero attached hydrogens (tertiary/aromatic N) is 3. The molecule has 0 radical (unpaired) electrons. The van der Waals surface area contributed by atoms with E-state index in [1.165, 1.54) is 0 Å². The van der Waals surface area contributed by atoms with Gasteiger partial charge in [0.25, 0.3) is 0 Å². The second-order valence-corrected chi connectivity index (χ2v) is 4.80. The largest absolute Gasteiger partial charge is 0.346 e. The molecule has 0 aromatic carbocycles. The molecule has 0 saturated carbocycles. The molecule has 0 aliphatic heterocycles. The minimum atomic E-state index is 0.756. The summed E-state index contributed by atoms with van der Waals surface area (Å²) >= 11 is 1.62. The van der Waals surface area contributed by atoms with Crippen molar-refractivity contribution in [2.24, 2.45) is 0 Å². The van der Waals surface area contributed by atoms with Crippen LogP contribution in [0.2, 0.25) is 0 Å². The molecule has 3 heterocycles. The van der Waals surface area contributed by atoms with E-state index in [1.54, 1.807) is 18.0 Å². The topological polar surface area (TPSA) is 54.5 Å². The van der Waals surface area contributed by atoms with Crippen molar-refractivity contribution in [3.05, 3.63) is 36.3 Å². The second-order valence-electron chi connectivity index (χ2n) is 3.97. The van der Waals surface area contributed by atoms with Crippen LogP contribution in [0.1, 0.15) is 5.69 Å². The zero-order valence-corrected chi connectivity index (χ0v) is 11.0. The van der Waals surface area contributed by atoms with E-state index in [0.29, 0.717) is 0 Å². The Morgan fingerprint density at radius 2 is 2.11 bits per heavy atom. The number of nitrogens with one attached hydrogen (secondary N) is 1. The van der Waals surface area contributed by atoms with Crippen molar-refractivity contribution >= 4 is 22.8 Å². The van der Waals surface area contributed by atoms with Crippen LogP contribution in [-0.4, -0.2) is 26.2 Å². The van der Waals surface area contributed by atoms with Gasteiger partial charge in [0, 0.05) is 29.0 Å².